The van der Waals surface area contributed by atoms with Crippen molar-refractivity contribution in [2.75, 3.05) is 6.61 Å². The third-order valence-corrected chi connectivity index (χ3v) is 3.80. The molecule has 0 bridgehead atoms. The Morgan fingerprint density at radius 1 is 1.19 bits per heavy atom. The summed E-state index contributed by atoms with van der Waals surface area (Å²) >= 11 is 0. The van der Waals surface area contributed by atoms with Crippen molar-refractivity contribution in [2.45, 2.75) is 27.2 Å². The van der Waals surface area contributed by atoms with Gasteiger partial charge in [-0.1, -0.05) is 39.0 Å². The van der Waals surface area contributed by atoms with Gasteiger partial charge in [0.15, 0.2) is 0 Å². The summed E-state index contributed by atoms with van der Waals surface area (Å²) in [5.74, 6) is 1.77. The second kappa shape index (κ2) is 3.13. The molecule has 3 rings (SSSR count). The number of para-hydroxylation sites is 1. The minimum absolute atomic E-state index is 0.364. The van der Waals surface area contributed by atoms with Crippen molar-refractivity contribution in [2.24, 2.45) is 11.3 Å². The summed E-state index contributed by atoms with van der Waals surface area (Å²) in [4.78, 5) is 0. The van der Waals surface area contributed by atoms with Gasteiger partial charge in [0, 0.05) is 5.56 Å². The highest BCUT2D eigenvalue weighted by atomic mass is 16.5. The Balaban J connectivity index is 2.06. The highest BCUT2D eigenvalue weighted by Crippen LogP contribution is 2.54. The van der Waals surface area contributed by atoms with Gasteiger partial charge in [0.1, 0.15) is 12.4 Å². The normalized spacial score (nSPS) is 23.1. The average molecular weight is 214 g/mol. The fourth-order valence-corrected chi connectivity index (χ4v) is 2.81. The molecule has 1 atom stereocenters. The molecule has 0 spiro atoms. The molecule has 0 radical (unpaired) electrons. The summed E-state index contributed by atoms with van der Waals surface area (Å²) < 4.78 is 5.76. The molecule has 0 fully saturated rings. The third kappa shape index (κ3) is 1.31. The van der Waals surface area contributed by atoms with E-state index in [2.05, 4.69) is 45.0 Å². The van der Waals surface area contributed by atoms with Crippen LogP contribution in [0.25, 0.3) is 5.57 Å². The van der Waals surface area contributed by atoms with E-state index in [0.717, 1.165) is 12.4 Å². The highest BCUT2D eigenvalue weighted by Gasteiger charge is 2.41. The van der Waals surface area contributed by atoms with Gasteiger partial charge in [-0.15, -0.1) is 0 Å². The maximum atomic E-state index is 5.76. The number of allylic oxidation sites excluding steroid dienone is 1. The lowest BCUT2D eigenvalue weighted by molar-refractivity contribution is 0.247. The van der Waals surface area contributed by atoms with Crippen LogP contribution in [0.2, 0.25) is 0 Å². The molecule has 0 saturated carbocycles. The van der Waals surface area contributed by atoms with Gasteiger partial charge >= 0.3 is 0 Å². The van der Waals surface area contributed by atoms with Crippen LogP contribution >= 0.6 is 0 Å². The predicted molar refractivity (Wildman–Crippen MR) is 66.4 cm³/mol. The first-order chi connectivity index (χ1) is 7.57. The number of ether oxygens (including phenoxy) is 1. The summed E-state index contributed by atoms with van der Waals surface area (Å²) in [7, 11) is 0. The first-order valence-electron chi connectivity index (χ1n) is 6.01. The molecule has 0 N–H and O–H groups in total. The van der Waals surface area contributed by atoms with E-state index in [1.165, 1.54) is 17.6 Å². The van der Waals surface area contributed by atoms with E-state index >= 15 is 0 Å². The summed E-state index contributed by atoms with van der Waals surface area (Å²) in [5.41, 5.74) is 4.77. The number of rotatable bonds is 0. The summed E-state index contributed by atoms with van der Waals surface area (Å²) in [6, 6.07) is 8.43. The van der Waals surface area contributed by atoms with Gasteiger partial charge in [-0.3, -0.25) is 0 Å². The minimum atomic E-state index is 0.364. The van der Waals surface area contributed by atoms with Gasteiger partial charge in [-0.2, -0.15) is 0 Å². The zero-order valence-electron chi connectivity index (χ0n) is 10.2. The van der Waals surface area contributed by atoms with Crippen molar-refractivity contribution in [1.29, 1.82) is 0 Å². The maximum Gasteiger partial charge on any atom is 0.127 e. The standard InChI is InChI=1S/C15H18O/c1-15(2,3)12-8-10-9-16-13-7-5-4-6-11(13)14(10)12/h4-7,12H,8-9H2,1-3H3. The number of fused-ring (bicyclic) bond motifs is 2. The van der Waals surface area contributed by atoms with Crippen LogP contribution in [-0.4, -0.2) is 6.61 Å². The fraction of sp³-hybridized carbons (Fsp3) is 0.467. The van der Waals surface area contributed by atoms with E-state index in [1.54, 1.807) is 5.57 Å². The largest absolute Gasteiger partial charge is 0.489 e. The molecule has 16 heavy (non-hydrogen) atoms. The molecule has 2 aliphatic rings. The summed E-state index contributed by atoms with van der Waals surface area (Å²) in [5, 5.41) is 0. The van der Waals surface area contributed by atoms with Gasteiger partial charge in [0.25, 0.3) is 0 Å². The first-order valence-corrected chi connectivity index (χ1v) is 6.01. The zero-order valence-corrected chi connectivity index (χ0v) is 10.2. The lowest BCUT2D eigenvalue weighted by Crippen LogP contribution is -2.34. The van der Waals surface area contributed by atoms with Gasteiger partial charge in [0.05, 0.1) is 0 Å². The molecule has 1 heterocycles. The van der Waals surface area contributed by atoms with Crippen molar-refractivity contribution in [3.05, 3.63) is 35.4 Å². The molecule has 0 amide bonds. The van der Waals surface area contributed by atoms with E-state index < -0.39 is 0 Å². The number of benzene rings is 1. The lowest BCUT2D eigenvalue weighted by Gasteiger charge is -2.45. The predicted octanol–water partition coefficient (Wildman–Crippen LogP) is 3.90. The molecule has 84 valence electrons. The van der Waals surface area contributed by atoms with Crippen LogP contribution in [0.4, 0.5) is 0 Å². The van der Waals surface area contributed by atoms with Crippen LogP contribution in [-0.2, 0) is 0 Å². The maximum absolute atomic E-state index is 5.76. The molecule has 1 aliphatic heterocycles. The van der Waals surface area contributed by atoms with Crippen LogP contribution in [0.3, 0.4) is 0 Å². The van der Waals surface area contributed by atoms with Crippen LogP contribution in [0.15, 0.2) is 29.8 Å². The molecular weight excluding hydrogens is 196 g/mol. The SMILES string of the molecule is CC(C)(C)C1CC2=C1c1ccccc1OC2. The molecule has 1 nitrogen and oxygen atoms in total. The highest BCUT2D eigenvalue weighted by molar-refractivity contribution is 5.81. The Bertz CT molecular complexity index is 463. The Kier molecular flexibility index (Phi) is 1.95. The van der Waals surface area contributed by atoms with Crippen molar-refractivity contribution >= 4 is 5.57 Å². The van der Waals surface area contributed by atoms with Crippen molar-refractivity contribution in [3.8, 4) is 5.75 Å². The molecule has 1 aromatic carbocycles. The Morgan fingerprint density at radius 2 is 1.94 bits per heavy atom. The Labute approximate surface area is 97.1 Å². The van der Waals surface area contributed by atoms with Gasteiger partial charge in [-0.25, -0.2) is 0 Å². The van der Waals surface area contributed by atoms with Crippen LogP contribution < -0.4 is 4.74 Å². The quantitative estimate of drug-likeness (QED) is 0.636. The van der Waals surface area contributed by atoms with Gasteiger partial charge in [0.2, 0.25) is 0 Å². The van der Waals surface area contributed by atoms with Crippen LogP contribution in [0.5, 0.6) is 5.75 Å². The van der Waals surface area contributed by atoms with Crippen LogP contribution in [0.1, 0.15) is 32.8 Å². The van der Waals surface area contributed by atoms with Crippen molar-refractivity contribution in [3.63, 3.8) is 0 Å². The molecule has 0 saturated heterocycles. The van der Waals surface area contributed by atoms with Crippen molar-refractivity contribution in [1.82, 2.24) is 0 Å². The zero-order chi connectivity index (χ0) is 11.3. The molecule has 1 aromatic rings. The van der Waals surface area contributed by atoms with E-state index in [0.29, 0.717) is 11.3 Å². The van der Waals surface area contributed by atoms with Crippen LogP contribution in [0, 0.1) is 11.3 Å². The lowest BCUT2D eigenvalue weighted by atomic mass is 9.62. The Morgan fingerprint density at radius 3 is 2.69 bits per heavy atom. The minimum Gasteiger partial charge on any atom is -0.489 e. The fourth-order valence-electron chi connectivity index (χ4n) is 2.81. The molecule has 1 unspecified atom stereocenters. The molecule has 1 aliphatic carbocycles. The summed E-state index contributed by atoms with van der Waals surface area (Å²) in [6.45, 7) is 7.80. The van der Waals surface area contributed by atoms with E-state index in [4.69, 9.17) is 4.74 Å². The second-order valence-corrected chi connectivity index (χ2v) is 5.92. The van der Waals surface area contributed by atoms with E-state index in [-0.39, 0.29) is 0 Å². The number of hydrogen-bond acceptors (Lipinski definition) is 1. The smallest absolute Gasteiger partial charge is 0.127 e. The second-order valence-electron chi connectivity index (χ2n) is 5.92. The van der Waals surface area contributed by atoms with Gasteiger partial charge < -0.3 is 4.74 Å². The number of hydrogen-bond donors (Lipinski definition) is 0. The molecule has 0 aromatic heterocycles. The monoisotopic (exact) mass is 214 g/mol. The molecular formula is C15H18O. The average Bonchev–Trinajstić information content (AvgIpc) is 2.15. The third-order valence-electron chi connectivity index (χ3n) is 3.80. The molecule has 1 heteroatoms. The van der Waals surface area contributed by atoms with Gasteiger partial charge in [-0.05, 0) is 35.0 Å². The topological polar surface area (TPSA) is 9.23 Å². The van der Waals surface area contributed by atoms with Crippen molar-refractivity contribution < 1.29 is 4.74 Å². The Hall–Kier alpha value is -1.24. The van der Waals surface area contributed by atoms with E-state index in [1.807, 2.05) is 0 Å². The first kappa shape index (κ1) is 9.95. The van der Waals surface area contributed by atoms with E-state index in [9.17, 15) is 0 Å². The summed E-state index contributed by atoms with van der Waals surface area (Å²) in [6.07, 6.45) is 1.22.